The maximum atomic E-state index is 13.0. The molecule has 10 heteroatoms. The number of nitro benzene ring substituents is 1. The van der Waals surface area contributed by atoms with Gasteiger partial charge in [-0.2, -0.15) is 0 Å². The van der Waals surface area contributed by atoms with Crippen molar-refractivity contribution in [3.63, 3.8) is 0 Å². The maximum Gasteiger partial charge on any atom is 0.285 e. The summed E-state index contributed by atoms with van der Waals surface area (Å²) in [5.74, 6) is 2.38. The first-order valence-corrected chi connectivity index (χ1v) is 12.1. The van der Waals surface area contributed by atoms with Crippen molar-refractivity contribution in [3.8, 4) is 23.0 Å². The van der Waals surface area contributed by atoms with Crippen LogP contribution < -0.4 is 23.8 Å². The summed E-state index contributed by atoms with van der Waals surface area (Å²) in [4.78, 5) is 12.9. The third kappa shape index (κ3) is 6.33. The van der Waals surface area contributed by atoms with Gasteiger partial charge in [-0.05, 0) is 42.3 Å². The molecule has 0 heterocycles. The molecule has 1 atom stereocenters. The predicted octanol–water partition coefficient (Wildman–Crippen LogP) is 4.96. The molecular formula is C26H28N2O7S. The maximum absolute atomic E-state index is 13.0. The molecule has 0 N–H and O–H groups in total. The van der Waals surface area contributed by atoms with Crippen molar-refractivity contribution in [2.24, 2.45) is 0 Å². The fourth-order valence-electron chi connectivity index (χ4n) is 3.56. The number of methoxy groups -OCH3 is 4. The number of nitrogens with zero attached hydrogens (tertiary/aromatic N) is 2. The molecule has 0 unspecified atom stereocenters. The monoisotopic (exact) mass is 512 g/mol. The highest BCUT2D eigenvalue weighted by molar-refractivity contribution is 7.88. The Bertz CT molecular complexity index is 1260. The summed E-state index contributed by atoms with van der Waals surface area (Å²) < 4.78 is 34.5. The van der Waals surface area contributed by atoms with Crippen molar-refractivity contribution in [1.82, 2.24) is 0 Å². The Kier molecular flexibility index (Phi) is 9.29. The minimum absolute atomic E-state index is 0.130. The summed E-state index contributed by atoms with van der Waals surface area (Å²) in [7, 11) is 4.53. The molecule has 0 fully saturated rings. The molecule has 36 heavy (non-hydrogen) atoms. The van der Waals surface area contributed by atoms with Gasteiger partial charge in [0, 0.05) is 36.0 Å². The van der Waals surface area contributed by atoms with Crippen LogP contribution in [0.4, 0.5) is 11.4 Å². The predicted molar refractivity (Wildman–Crippen MR) is 139 cm³/mol. The molecule has 9 nitrogen and oxygen atoms in total. The van der Waals surface area contributed by atoms with E-state index in [2.05, 4.69) is 0 Å². The van der Waals surface area contributed by atoms with Crippen molar-refractivity contribution in [2.75, 3.05) is 39.9 Å². The number of ether oxygens (including phenoxy) is 4. The van der Waals surface area contributed by atoms with E-state index in [0.717, 1.165) is 11.3 Å². The zero-order chi connectivity index (χ0) is 26.1. The standard InChI is InChI=1S/C26H28N2O7S/c1-32-22-11-9-19(17-24(22)34-3)13-14-27(20-10-12-23(33-2)25(18-20)35-4)15-16-36(31)26-8-6-5-7-21(26)28(29)30/h5-12,15-18H,13-14H2,1-4H3/b16-15-/t36-/m1/s1. The van der Waals surface area contributed by atoms with Crippen LogP contribution in [-0.4, -0.2) is 44.1 Å². The summed E-state index contributed by atoms with van der Waals surface area (Å²) in [6.07, 6.45) is 2.28. The first-order chi connectivity index (χ1) is 17.4. The Labute approximate surface area is 212 Å². The Hall–Kier alpha value is -4.05. The Morgan fingerprint density at radius 1 is 0.861 bits per heavy atom. The summed E-state index contributed by atoms with van der Waals surface area (Å²) in [5.41, 5.74) is 1.58. The van der Waals surface area contributed by atoms with Crippen LogP contribution in [-0.2, 0) is 17.2 Å². The van der Waals surface area contributed by atoms with Crippen LogP contribution in [0.25, 0.3) is 0 Å². The number of nitro groups is 1. The van der Waals surface area contributed by atoms with E-state index in [1.54, 1.807) is 52.8 Å². The van der Waals surface area contributed by atoms with Crippen LogP contribution in [0.3, 0.4) is 0 Å². The lowest BCUT2D eigenvalue weighted by atomic mass is 10.1. The van der Waals surface area contributed by atoms with Crippen LogP contribution in [0.5, 0.6) is 23.0 Å². The molecule has 0 aromatic heterocycles. The molecule has 0 aliphatic rings. The topological polar surface area (TPSA) is 100 Å². The minimum Gasteiger partial charge on any atom is -0.493 e. The summed E-state index contributed by atoms with van der Waals surface area (Å²) >= 11 is 0. The molecule has 0 aliphatic heterocycles. The van der Waals surface area contributed by atoms with E-state index in [9.17, 15) is 14.3 Å². The van der Waals surface area contributed by atoms with E-state index in [-0.39, 0.29) is 10.6 Å². The number of hydrogen-bond donors (Lipinski definition) is 0. The van der Waals surface area contributed by atoms with E-state index < -0.39 is 15.7 Å². The lowest BCUT2D eigenvalue weighted by Crippen LogP contribution is -2.19. The molecule has 0 spiro atoms. The van der Waals surface area contributed by atoms with Crippen molar-refractivity contribution in [3.05, 3.63) is 87.9 Å². The van der Waals surface area contributed by atoms with Gasteiger partial charge in [0.05, 0.1) is 44.2 Å². The third-order valence-corrected chi connectivity index (χ3v) is 6.58. The lowest BCUT2D eigenvalue weighted by Gasteiger charge is -2.22. The first-order valence-electron chi connectivity index (χ1n) is 10.9. The highest BCUT2D eigenvalue weighted by Crippen LogP contribution is 2.33. The first kappa shape index (κ1) is 26.6. The van der Waals surface area contributed by atoms with Crippen molar-refractivity contribution >= 4 is 22.2 Å². The zero-order valence-electron chi connectivity index (χ0n) is 20.5. The molecule has 0 radical (unpaired) electrons. The molecular weight excluding hydrogens is 484 g/mol. The molecule has 3 aromatic carbocycles. The molecule has 190 valence electrons. The van der Waals surface area contributed by atoms with E-state index in [1.165, 1.54) is 17.5 Å². The van der Waals surface area contributed by atoms with Gasteiger partial charge in [0.2, 0.25) is 0 Å². The van der Waals surface area contributed by atoms with Crippen LogP contribution >= 0.6 is 0 Å². The molecule has 0 saturated carbocycles. The van der Waals surface area contributed by atoms with Gasteiger partial charge in [0.15, 0.2) is 23.0 Å². The highest BCUT2D eigenvalue weighted by Gasteiger charge is 2.17. The van der Waals surface area contributed by atoms with E-state index >= 15 is 0 Å². The van der Waals surface area contributed by atoms with Crippen LogP contribution in [0, 0.1) is 10.1 Å². The van der Waals surface area contributed by atoms with Gasteiger partial charge < -0.3 is 23.8 Å². The Balaban J connectivity index is 1.92. The van der Waals surface area contributed by atoms with E-state index in [1.807, 2.05) is 35.2 Å². The van der Waals surface area contributed by atoms with Gasteiger partial charge in [-0.1, -0.05) is 18.2 Å². The number of hydrogen-bond acceptors (Lipinski definition) is 8. The summed E-state index contributed by atoms with van der Waals surface area (Å²) in [6.45, 7) is 0.509. The van der Waals surface area contributed by atoms with Gasteiger partial charge >= 0.3 is 0 Å². The van der Waals surface area contributed by atoms with E-state index in [4.69, 9.17) is 18.9 Å². The number of para-hydroxylation sites is 1. The smallest absolute Gasteiger partial charge is 0.285 e. The number of rotatable bonds is 12. The summed E-state index contributed by atoms with van der Waals surface area (Å²) in [6, 6.07) is 17.1. The second-order valence-corrected chi connectivity index (χ2v) is 8.79. The molecule has 0 aliphatic carbocycles. The van der Waals surface area contributed by atoms with Crippen LogP contribution in [0.1, 0.15) is 5.56 Å². The minimum atomic E-state index is -1.74. The average molecular weight is 513 g/mol. The molecule has 3 rings (SSSR count). The van der Waals surface area contributed by atoms with Crippen molar-refractivity contribution in [1.29, 1.82) is 0 Å². The zero-order valence-corrected chi connectivity index (χ0v) is 21.3. The van der Waals surface area contributed by atoms with Crippen molar-refractivity contribution < 1.29 is 28.1 Å². The number of anilines is 1. The second-order valence-electron chi connectivity index (χ2n) is 7.48. The van der Waals surface area contributed by atoms with Crippen molar-refractivity contribution in [2.45, 2.75) is 11.3 Å². The molecule has 0 amide bonds. The Morgan fingerprint density at radius 3 is 2.11 bits per heavy atom. The third-order valence-electron chi connectivity index (χ3n) is 5.43. The van der Waals surface area contributed by atoms with Gasteiger partial charge in [-0.3, -0.25) is 10.1 Å². The Morgan fingerprint density at radius 2 is 1.47 bits per heavy atom. The molecule has 3 aromatic rings. The fourth-order valence-corrected chi connectivity index (χ4v) is 4.52. The molecule has 0 bridgehead atoms. The van der Waals surface area contributed by atoms with E-state index in [0.29, 0.717) is 36.0 Å². The SMILES string of the molecule is COc1ccc(CCN(/C=C\[S@@](=O)c2ccccc2[N+](=O)[O-])c2ccc(OC)c(OC)c2)cc1OC. The average Bonchev–Trinajstić information content (AvgIpc) is 2.92. The van der Waals surface area contributed by atoms with Crippen LogP contribution in [0.15, 0.2) is 77.2 Å². The fraction of sp³-hybridized carbons (Fsp3) is 0.231. The van der Waals surface area contributed by atoms with Gasteiger partial charge in [0.25, 0.3) is 5.69 Å². The number of benzene rings is 3. The largest absolute Gasteiger partial charge is 0.493 e. The van der Waals surface area contributed by atoms with Gasteiger partial charge in [0.1, 0.15) is 4.90 Å². The quantitative estimate of drug-likeness (QED) is 0.248. The summed E-state index contributed by atoms with van der Waals surface area (Å²) in [5, 5.41) is 12.8. The van der Waals surface area contributed by atoms with Crippen LogP contribution in [0.2, 0.25) is 0 Å². The second kappa shape index (κ2) is 12.6. The van der Waals surface area contributed by atoms with Gasteiger partial charge in [-0.15, -0.1) is 0 Å². The molecule has 0 saturated heterocycles. The normalized spacial score (nSPS) is 11.7. The lowest BCUT2D eigenvalue weighted by molar-refractivity contribution is -0.387. The highest BCUT2D eigenvalue weighted by atomic mass is 32.2. The van der Waals surface area contributed by atoms with Gasteiger partial charge in [-0.25, -0.2) is 4.21 Å².